The number of hydrogen-bond donors (Lipinski definition) is 4. The third kappa shape index (κ3) is 8.31. The molecule has 1 aromatic heterocycles. The van der Waals surface area contributed by atoms with Crippen molar-refractivity contribution in [3.63, 3.8) is 0 Å². The molecule has 13 heteroatoms. The lowest BCUT2D eigenvalue weighted by atomic mass is 10.0. The molecule has 0 radical (unpaired) electrons. The predicted molar refractivity (Wildman–Crippen MR) is 155 cm³/mol. The van der Waals surface area contributed by atoms with Gasteiger partial charge in [0.15, 0.2) is 0 Å². The number of fused-ring (bicyclic) bond motifs is 1. The van der Waals surface area contributed by atoms with Crippen molar-refractivity contribution in [1.29, 1.82) is 0 Å². The molecule has 0 spiro atoms. The minimum Gasteiger partial charge on any atom is -0.495 e. The Kier molecular flexibility index (Phi) is 10.4. The highest BCUT2D eigenvalue weighted by atomic mass is 19.4. The summed E-state index contributed by atoms with van der Waals surface area (Å²) in [6.45, 7) is -0.123. The van der Waals surface area contributed by atoms with E-state index in [1.165, 1.54) is 32.4 Å². The zero-order chi connectivity index (χ0) is 31.1. The number of carboxylic acid groups (broad SMARTS) is 1. The van der Waals surface area contributed by atoms with Crippen molar-refractivity contribution in [2.45, 2.75) is 37.5 Å². The highest BCUT2D eigenvalue weighted by molar-refractivity contribution is 5.94. The number of aromatic carboxylic acids is 1. The third-order valence-electron chi connectivity index (χ3n) is 7.11. The molecule has 1 saturated heterocycles. The van der Waals surface area contributed by atoms with Crippen molar-refractivity contribution in [1.82, 2.24) is 9.47 Å². The minimum absolute atomic E-state index is 0.0417. The fraction of sp³-hybridized carbons (Fsp3) is 0.433. The molecule has 9 nitrogen and oxygen atoms in total. The van der Waals surface area contributed by atoms with Crippen LogP contribution in [0.1, 0.15) is 22.5 Å². The van der Waals surface area contributed by atoms with Gasteiger partial charge in [-0.05, 0) is 48.7 Å². The zero-order valence-electron chi connectivity index (χ0n) is 23.7. The molecule has 232 valence electrons. The van der Waals surface area contributed by atoms with Gasteiger partial charge in [0.1, 0.15) is 18.5 Å². The molecular formula is C30H34F4N4O5. The van der Waals surface area contributed by atoms with Crippen molar-refractivity contribution in [2.75, 3.05) is 57.6 Å². The Hall–Kier alpha value is -3.99. The Morgan fingerprint density at radius 1 is 1.19 bits per heavy atom. The number of nitrogens with one attached hydrogen (secondary N) is 2. The lowest BCUT2D eigenvalue weighted by Gasteiger charge is -2.36. The fourth-order valence-corrected chi connectivity index (χ4v) is 5.15. The van der Waals surface area contributed by atoms with E-state index in [2.05, 4.69) is 22.5 Å². The molecular weight excluding hydrogens is 572 g/mol. The van der Waals surface area contributed by atoms with Gasteiger partial charge in [-0.15, -0.1) is 0 Å². The van der Waals surface area contributed by atoms with Gasteiger partial charge in [0.05, 0.1) is 54.9 Å². The van der Waals surface area contributed by atoms with Crippen LogP contribution in [0.4, 0.5) is 28.9 Å². The van der Waals surface area contributed by atoms with Crippen LogP contribution in [-0.4, -0.2) is 97.1 Å². The first-order valence-electron chi connectivity index (χ1n) is 13.6. The van der Waals surface area contributed by atoms with Gasteiger partial charge in [-0.1, -0.05) is 12.0 Å². The molecule has 0 bridgehead atoms. The number of alkyl halides is 4. The maximum absolute atomic E-state index is 15.1. The Balaban J connectivity index is 1.53. The summed E-state index contributed by atoms with van der Waals surface area (Å²) < 4.78 is 67.1. The number of aliphatic hydroxyl groups excluding tert-OH is 1. The molecule has 4 N–H and O–H groups in total. The van der Waals surface area contributed by atoms with Gasteiger partial charge in [-0.3, -0.25) is 4.90 Å². The van der Waals surface area contributed by atoms with Crippen LogP contribution < -0.4 is 15.4 Å². The molecule has 1 aliphatic rings. The lowest BCUT2D eigenvalue weighted by molar-refractivity contribution is -0.140. The summed E-state index contributed by atoms with van der Waals surface area (Å²) in [5.41, 5.74) is 1.46. The number of anilines is 2. The molecule has 2 aromatic carbocycles. The van der Waals surface area contributed by atoms with Gasteiger partial charge < -0.3 is 34.9 Å². The van der Waals surface area contributed by atoms with E-state index in [0.717, 1.165) is 4.57 Å². The number of aromatic nitrogens is 1. The van der Waals surface area contributed by atoms with Gasteiger partial charge in [-0.25, -0.2) is 9.18 Å². The van der Waals surface area contributed by atoms with Crippen LogP contribution in [0, 0.1) is 11.8 Å². The maximum atomic E-state index is 15.1. The molecule has 2 heterocycles. The number of carbonyl (C=O) groups is 1. The largest absolute Gasteiger partial charge is 0.495 e. The number of β-amino-alcohol motifs (C(OH)–C–C–N with tert-alkyl or cyclic N) is 1. The highest BCUT2D eigenvalue weighted by Gasteiger charge is 2.32. The molecule has 3 aromatic rings. The Morgan fingerprint density at radius 3 is 2.65 bits per heavy atom. The molecule has 1 aliphatic heterocycles. The molecule has 0 aliphatic carbocycles. The topological polar surface area (TPSA) is 108 Å². The maximum Gasteiger partial charge on any atom is 0.406 e. The molecule has 4 rings (SSSR count). The first kappa shape index (κ1) is 31.9. The second-order valence-corrected chi connectivity index (χ2v) is 10.3. The number of benzene rings is 2. The monoisotopic (exact) mass is 606 g/mol. The van der Waals surface area contributed by atoms with E-state index in [-0.39, 0.29) is 43.2 Å². The first-order valence-corrected chi connectivity index (χ1v) is 13.6. The average Bonchev–Trinajstić information content (AvgIpc) is 3.29. The van der Waals surface area contributed by atoms with Crippen LogP contribution in [0.3, 0.4) is 0 Å². The van der Waals surface area contributed by atoms with E-state index in [0.29, 0.717) is 35.2 Å². The summed E-state index contributed by atoms with van der Waals surface area (Å²) in [7, 11) is 2.87. The number of hydrogen-bond acceptors (Lipinski definition) is 7. The summed E-state index contributed by atoms with van der Waals surface area (Å²) in [4.78, 5) is 13.0. The number of halogens is 4. The molecule has 0 amide bonds. The zero-order valence-corrected chi connectivity index (χ0v) is 23.7. The van der Waals surface area contributed by atoms with E-state index in [4.69, 9.17) is 14.6 Å². The lowest BCUT2D eigenvalue weighted by Crippen LogP contribution is -2.50. The van der Waals surface area contributed by atoms with Gasteiger partial charge in [0, 0.05) is 37.8 Å². The summed E-state index contributed by atoms with van der Waals surface area (Å²) in [5.74, 6) is 4.81. The van der Waals surface area contributed by atoms with Crippen LogP contribution in [-0.2, 0) is 11.3 Å². The van der Waals surface area contributed by atoms with Crippen molar-refractivity contribution in [2.24, 2.45) is 0 Å². The molecule has 0 unspecified atom stereocenters. The minimum atomic E-state index is -4.51. The van der Waals surface area contributed by atoms with Crippen LogP contribution in [0.5, 0.6) is 5.75 Å². The van der Waals surface area contributed by atoms with Gasteiger partial charge in [0.25, 0.3) is 0 Å². The number of carboxylic acids is 1. The smallest absolute Gasteiger partial charge is 0.406 e. The third-order valence-corrected chi connectivity index (χ3v) is 7.11. The summed E-state index contributed by atoms with van der Waals surface area (Å²) in [5, 5.41) is 25.8. The van der Waals surface area contributed by atoms with Crippen molar-refractivity contribution in [3.05, 3.63) is 53.7 Å². The van der Waals surface area contributed by atoms with Crippen LogP contribution in [0.2, 0.25) is 0 Å². The van der Waals surface area contributed by atoms with Crippen LogP contribution in [0.15, 0.2) is 42.5 Å². The van der Waals surface area contributed by atoms with E-state index < -0.39 is 37.0 Å². The second kappa shape index (κ2) is 14.0. The Bertz CT molecular complexity index is 1480. The molecule has 3 atom stereocenters. The summed E-state index contributed by atoms with van der Waals surface area (Å²) >= 11 is 0. The number of nitrogens with zero attached hydrogens (tertiary/aromatic N) is 2. The van der Waals surface area contributed by atoms with E-state index in [1.807, 2.05) is 4.90 Å². The van der Waals surface area contributed by atoms with Gasteiger partial charge >= 0.3 is 12.1 Å². The number of ether oxygens (including phenoxy) is 2. The molecule has 43 heavy (non-hydrogen) atoms. The standard InChI is InChI=1S/C30H34F4N4O5/c1-42-17-21(39)15-37-12-10-25(23(31)16-37)36-24-6-3-7-27-22(24)14-20(38(27)18-30(32,33)34)5-4-11-35-26-9-8-19(29(40)41)13-28(26)43-2/h3,6-9,13-14,21,23,25,35-36,39H,10-12,15-18H2,1-2H3,(H,40,41)/t21-,23-,25-/m1/s1. The number of rotatable bonds is 11. The van der Waals surface area contributed by atoms with Crippen LogP contribution >= 0.6 is 0 Å². The van der Waals surface area contributed by atoms with Crippen LogP contribution in [0.25, 0.3) is 10.9 Å². The van der Waals surface area contributed by atoms with E-state index in [9.17, 15) is 23.1 Å². The van der Waals surface area contributed by atoms with Crippen molar-refractivity contribution >= 4 is 28.2 Å². The SMILES string of the molecule is COC[C@H](O)CN1CC[C@@H](Nc2cccc3c2cc(C#CCNc2ccc(C(=O)O)cc2OC)n3CC(F)(F)F)[C@H](F)C1. The van der Waals surface area contributed by atoms with Gasteiger partial charge in [0.2, 0.25) is 0 Å². The Morgan fingerprint density at radius 2 is 1.98 bits per heavy atom. The Labute approximate surface area is 246 Å². The quantitative estimate of drug-likeness (QED) is 0.190. The normalized spacial score (nSPS) is 18.1. The van der Waals surface area contributed by atoms with Crippen molar-refractivity contribution < 1.29 is 42.0 Å². The van der Waals surface area contributed by atoms with E-state index in [1.54, 1.807) is 24.3 Å². The first-order chi connectivity index (χ1) is 20.5. The van der Waals surface area contributed by atoms with E-state index >= 15 is 4.39 Å². The predicted octanol–water partition coefficient (Wildman–Crippen LogP) is 4.21. The number of methoxy groups -OCH3 is 2. The van der Waals surface area contributed by atoms with Crippen molar-refractivity contribution in [3.8, 4) is 17.6 Å². The molecule has 0 saturated carbocycles. The fourth-order valence-electron chi connectivity index (χ4n) is 5.15. The molecule has 1 fully saturated rings. The summed E-state index contributed by atoms with van der Waals surface area (Å²) in [6, 6.07) is 10.2. The number of piperidine rings is 1. The van der Waals surface area contributed by atoms with Gasteiger partial charge in [-0.2, -0.15) is 13.2 Å². The highest BCUT2D eigenvalue weighted by Crippen LogP contribution is 2.32. The number of aliphatic hydroxyl groups is 1. The number of likely N-dealkylation sites (tertiary alicyclic amines) is 1. The second-order valence-electron chi connectivity index (χ2n) is 10.3. The average molecular weight is 607 g/mol. The summed E-state index contributed by atoms with van der Waals surface area (Å²) in [6.07, 6.45) is -6.05.